The van der Waals surface area contributed by atoms with Gasteiger partial charge in [-0.05, 0) is 6.92 Å². The highest BCUT2D eigenvalue weighted by Gasteiger charge is 2.14. The Morgan fingerprint density at radius 2 is 2.20 bits per heavy atom. The second-order valence-corrected chi connectivity index (χ2v) is 3.13. The van der Waals surface area contributed by atoms with Crippen LogP contribution in [0, 0.1) is 6.92 Å². The van der Waals surface area contributed by atoms with E-state index in [0.29, 0.717) is 11.1 Å². The number of nitrogens with one attached hydrogen (secondary N) is 1. The number of H-pyrrole nitrogens is 1. The molecule has 2 aromatic heterocycles. The van der Waals surface area contributed by atoms with E-state index in [1.165, 1.54) is 4.68 Å². The Hall–Kier alpha value is -2.18. The molecule has 0 aliphatic rings. The molecule has 2 N–H and O–H groups in total. The smallest absolute Gasteiger partial charge is 0.372 e. The van der Waals surface area contributed by atoms with Gasteiger partial charge in [-0.15, -0.1) is 0 Å². The van der Waals surface area contributed by atoms with E-state index < -0.39 is 11.5 Å². The number of carboxylic acid groups (broad SMARTS) is 1. The molecular weight excluding hydrogens is 200 g/mol. The Morgan fingerprint density at radius 1 is 1.53 bits per heavy atom. The van der Waals surface area contributed by atoms with Gasteiger partial charge in [0, 0.05) is 7.05 Å². The van der Waals surface area contributed by atoms with Gasteiger partial charge in [-0.25, -0.2) is 14.5 Å². The van der Waals surface area contributed by atoms with Crippen molar-refractivity contribution in [3.63, 3.8) is 0 Å². The molecule has 0 radical (unpaired) electrons. The number of rotatable bonds is 1. The molecule has 0 aliphatic heterocycles. The lowest BCUT2D eigenvalue weighted by atomic mass is 10.3. The van der Waals surface area contributed by atoms with Crippen LogP contribution in [0.3, 0.4) is 0 Å². The van der Waals surface area contributed by atoms with Crippen molar-refractivity contribution in [2.24, 2.45) is 7.05 Å². The van der Waals surface area contributed by atoms with Gasteiger partial charge in [0.25, 0.3) is 5.56 Å². The van der Waals surface area contributed by atoms with Gasteiger partial charge in [0.1, 0.15) is 5.39 Å². The molecule has 2 rings (SSSR count). The SMILES string of the molecule is Cc1nn(C)c2nc(C(=O)O)[nH]c(=O)c12. The zero-order chi connectivity index (χ0) is 11.2. The van der Waals surface area contributed by atoms with E-state index in [1.54, 1.807) is 14.0 Å². The number of aromatic nitrogens is 4. The molecule has 15 heavy (non-hydrogen) atoms. The quantitative estimate of drug-likeness (QED) is 0.667. The zero-order valence-corrected chi connectivity index (χ0v) is 8.11. The number of carboxylic acids is 1. The van der Waals surface area contributed by atoms with Crippen LogP contribution in [0.25, 0.3) is 11.0 Å². The molecule has 0 amide bonds. The maximum Gasteiger partial charge on any atom is 0.372 e. The molecule has 0 bridgehead atoms. The molecule has 0 saturated heterocycles. The largest absolute Gasteiger partial charge is 0.475 e. The summed E-state index contributed by atoms with van der Waals surface area (Å²) < 4.78 is 1.38. The lowest BCUT2D eigenvalue weighted by Crippen LogP contribution is -2.16. The molecule has 7 heteroatoms. The third-order valence-electron chi connectivity index (χ3n) is 2.07. The molecule has 0 fully saturated rings. The second kappa shape index (κ2) is 2.91. The van der Waals surface area contributed by atoms with E-state index in [1.807, 2.05) is 0 Å². The van der Waals surface area contributed by atoms with E-state index >= 15 is 0 Å². The molecule has 0 spiro atoms. The van der Waals surface area contributed by atoms with Crippen molar-refractivity contribution < 1.29 is 9.90 Å². The van der Waals surface area contributed by atoms with Crippen LogP contribution in [0.2, 0.25) is 0 Å². The normalized spacial score (nSPS) is 10.8. The average molecular weight is 208 g/mol. The Bertz CT molecular complexity index is 610. The lowest BCUT2D eigenvalue weighted by Gasteiger charge is -1.95. The highest BCUT2D eigenvalue weighted by atomic mass is 16.4. The van der Waals surface area contributed by atoms with Crippen LogP contribution in [0.1, 0.15) is 16.3 Å². The molecule has 78 valence electrons. The molecule has 2 heterocycles. The summed E-state index contributed by atoms with van der Waals surface area (Å²) in [5.41, 5.74) is 0.315. The first-order valence-electron chi connectivity index (χ1n) is 4.17. The first-order valence-corrected chi connectivity index (χ1v) is 4.17. The van der Waals surface area contributed by atoms with Crippen LogP contribution in [0.15, 0.2) is 4.79 Å². The Kier molecular flexibility index (Phi) is 1.82. The van der Waals surface area contributed by atoms with Crippen LogP contribution >= 0.6 is 0 Å². The van der Waals surface area contributed by atoms with Gasteiger partial charge in [-0.3, -0.25) is 4.79 Å². The van der Waals surface area contributed by atoms with Gasteiger partial charge in [-0.2, -0.15) is 5.10 Å². The molecule has 0 atom stereocenters. The van der Waals surface area contributed by atoms with Crippen molar-refractivity contribution in [3.8, 4) is 0 Å². The summed E-state index contributed by atoms with van der Waals surface area (Å²) in [6.45, 7) is 1.67. The Balaban J connectivity index is 2.94. The second-order valence-electron chi connectivity index (χ2n) is 3.13. The highest BCUT2D eigenvalue weighted by molar-refractivity contribution is 5.86. The highest BCUT2D eigenvalue weighted by Crippen LogP contribution is 2.09. The fourth-order valence-corrected chi connectivity index (χ4v) is 1.45. The van der Waals surface area contributed by atoms with Crippen molar-refractivity contribution in [1.29, 1.82) is 0 Å². The van der Waals surface area contributed by atoms with E-state index in [4.69, 9.17) is 5.11 Å². The van der Waals surface area contributed by atoms with Crippen LogP contribution in [-0.2, 0) is 7.05 Å². The van der Waals surface area contributed by atoms with Gasteiger partial charge >= 0.3 is 5.97 Å². The van der Waals surface area contributed by atoms with Crippen LogP contribution in [-0.4, -0.2) is 30.8 Å². The first-order chi connectivity index (χ1) is 7.00. The van der Waals surface area contributed by atoms with Crippen molar-refractivity contribution in [3.05, 3.63) is 21.9 Å². The number of aromatic amines is 1. The number of carbonyl (C=O) groups is 1. The fourth-order valence-electron chi connectivity index (χ4n) is 1.45. The standard InChI is InChI=1S/C8H8N4O3/c1-3-4-6(12(2)11-3)9-5(8(14)15)10-7(4)13/h1-2H3,(H,14,15)(H,9,10,13). The van der Waals surface area contributed by atoms with Crippen LogP contribution in [0.5, 0.6) is 0 Å². The first kappa shape index (κ1) is 9.38. The predicted octanol–water partition coefficient (Wildman–Crippen LogP) is -0.337. The molecule has 0 aromatic carbocycles. The number of aryl methyl sites for hydroxylation is 2. The molecule has 7 nitrogen and oxygen atoms in total. The number of hydrogen-bond acceptors (Lipinski definition) is 4. The molecule has 0 saturated carbocycles. The van der Waals surface area contributed by atoms with Crippen molar-refractivity contribution in [1.82, 2.24) is 19.7 Å². The molecule has 2 aromatic rings. The van der Waals surface area contributed by atoms with E-state index in [2.05, 4.69) is 15.1 Å². The molecule has 0 unspecified atom stereocenters. The number of hydrogen-bond donors (Lipinski definition) is 2. The van der Waals surface area contributed by atoms with Crippen molar-refractivity contribution >= 4 is 17.0 Å². The number of nitrogens with zero attached hydrogens (tertiary/aromatic N) is 3. The monoisotopic (exact) mass is 208 g/mol. The average Bonchev–Trinajstić information content (AvgIpc) is 2.42. The minimum absolute atomic E-state index is 0.272. The molecular formula is C8H8N4O3. The summed E-state index contributed by atoms with van der Waals surface area (Å²) in [6.07, 6.45) is 0. The van der Waals surface area contributed by atoms with E-state index in [-0.39, 0.29) is 11.5 Å². The predicted molar refractivity (Wildman–Crippen MR) is 50.8 cm³/mol. The van der Waals surface area contributed by atoms with Crippen LogP contribution < -0.4 is 5.56 Å². The Labute approximate surface area is 83.4 Å². The summed E-state index contributed by atoms with van der Waals surface area (Å²) >= 11 is 0. The van der Waals surface area contributed by atoms with Gasteiger partial charge in [0.2, 0.25) is 5.82 Å². The van der Waals surface area contributed by atoms with Gasteiger partial charge in [-0.1, -0.05) is 0 Å². The summed E-state index contributed by atoms with van der Waals surface area (Å²) in [6, 6.07) is 0. The summed E-state index contributed by atoms with van der Waals surface area (Å²) in [4.78, 5) is 28.2. The van der Waals surface area contributed by atoms with Gasteiger partial charge in [0.15, 0.2) is 5.65 Å². The minimum Gasteiger partial charge on any atom is -0.475 e. The minimum atomic E-state index is -1.27. The Morgan fingerprint density at radius 3 is 2.80 bits per heavy atom. The van der Waals surface area contributed by atoms with E-state index in [0.717, 1.165) is 0 Å². The van der Waals surface area contributed by atoms with Gasteiger partial charge < -0.3 is 10.1 Å². The summed E-state index contributed by atoms with van der Waals surface area (Å²) in [7, 11) is 1.60. The van der Waals surface area contributed by atoms with Crippen molar-refractivity contribution in [2.45, 2.75) is 6.92 Å². The zero-order valence-electron chi connectivity index (χ0n) is 8.11. The third-order valence-corrected chi connectivity index (χ3v) is 2.07. The lowest BCUT2D eigenvalue weighted by molar-refractivity contribution is 0.0683. The summed E-state index contributed by atoms with van der Waals surface area (Å²) in [5.74, 6) is -1.65. The fraction of sp³-hybridized carbons (Fsp3) is 0.250. The third kappa shape index (κ3) is 1.28. The number of aromatic carboxylic acids is 1. The van der Waals surface area contributed by atoms with Crippen molar-refractivity contribution in [2.75, 3.05) is 0 Å². The topological polar surface area (TPSA) is 101 Å². The van der Waals surface area contributed by atoms with Gasteiger partial charge in [0.05, 0.1) is 5.69 Å². The van der Waals surface area contributed by atoms with Crippen LogP contribution in [0.4, 0.5) is 0 Å². The maximum atomic E-state index is 11.5. The maximum absolute atomic E-state index is 11.5. The summed E-state index contributed by atoms with van der Waals surface area (Å²) in [5, 5.41) is 13.0. The molecule has 0 aliphatic carbocycles. The number of fused-ring (bicyclic) bond motifs is 1. The van der Waals surface area contributed by atoms with E-state index in [9.17, 15) is 9.59 Å².